The average molecular weight is 380 g/mol. The van der Waals surface area contributed by atoms with Crippen LogP contribution in [0, 0.1) is 0 Å². The van der Waals surface area contributed by atoms with Crippen molar-refractivity contribution in [2.75, 3.05) is 31.2 Å². The summed E-state index contributed by atoms with van der Waals surface area (Å²) in [5.41, 5.74) is 3.40. The molecule has 148 valence electrons. The Morgan fingerprint density at radius 1 is 1.14 bits per heavy atom. The second kappa shape index (κ2) is 9.02. The number of carbonyl (C=O) groups excluding carboxylic acids is 1. The van der Waals surface area contributed by atoms with Gasteiger partial charge in [0.15, 0.2) is 0 Å². The van der Waals surface area contributed by atoms with Gasteiger partial charge in [0.1, 0.15) is 5.82 Å². The normalized spacial score (nSPS) is 15.0. The second-order valence-corrected chi connectivity index (χ2v) is 8.05. The first-order valence-electron chi connectivity index (χ1n) is 9.76. The molecular formula is C23H29N3O2. The van der Waals surface area contributed by atoms with Crippen LogP contribution in [0.4, 0.5) is 5.82 Å². The summed E-state index contributed by atoms with van der Waals surface area (Å²) in [7, 11) is 0. The summed E-state index contributed by atoms with van der Waals surface area (Å²) in [5, 5.41) is 2.90. The second-order valence-electron chi connectivity index (χ2n) is 8.05. The van der Waals surface area contributed by atoms with Crippen LogP contribution in [-0.4, -0.2) is 37.2 Å². The maximum atomic E-state index is 12.1. The van der Waals surface area contributed by atoms with Crippen molar-refractivity contribution in [3.05, 3.63) is 65.4 Å². The molecule has 28 heavy (non-hydrogen) atoms. The van der Waals surface area contributed by atoms with Crippen molar-refractivity contribution < 1.29 is 9.53 Å². The Balaban J connectivity index is 1.49. The van der Waals surface area contributed by atoms with E-state index >= 15 is 0 Å². The van der Waals surface area contributed by atoms with Gasteiger partial charge in [-0.15, -0.1) is 0 Å². The van der Waals surface area contributed by atoms with Gasteiger partial charge in [-0.3, -0.25) is 4.79 Å². The number of hydrogen-bond acceptors (Lipinski definition) is 4. The van der Waals surface area contributed by atoms with Crippen molar-refractivity contribution in [3.63, 3.8) is 0 Å². The zero-order valence-corrected chi connectivity index (χ0v) is 16.9. The fraction of sp³-hybridized carbons (Fsp3) is 0.391. The molecule has 0 atom stereocenters. The third kappa shape index (κ3) is 5.67. The highest BCUT2D eigenvalue weighted by Gasteiger charge is 2.13. The molecule has 0 saturated carbocycles. The van der Waals surface area contributed by atoms with Gasteiger partial charge in [-0.25, -0.2) is 4.98 Å². The number of rotatable bonds is 5. The molecule has 0 spiro atoms. The maximum absolute atomic E-state index is 12.1. The van der Waals surface area contributed by atoms with Crippen LogP contribution in [0.2, 0.25) is 0 Å². The van der Waals surface area contributed by atoms with Crippen LogP contribution in [0.3, 0.4) is 0 Å². The third-order valence-corrected chi connectivity index (χ3v) is 4.81. The van der Waals surface area contributed by atoms with E-state index < -0.39 is 0 Å². The van der Waals surface area contributed by atoms with Gasteiger partial charge in [0, 0.05) is 31.9 Å². The molecule has 0 unspecified atom stereocenters. The van der Waals surface area contributed by atoms with E-state index in [0.29, 0.717) is 6.54 Å². The van der Waals surface area contributed by atoms with Crippen molar-refractivity contribution >= 4 is 17.8 Å². The van der Waals surface area contributed by atoms with Crippen LogP contribution in [0.5, 0.6) is 0 Å². The fourth-order valence-corrected chi connectivity index (χ4v) is 3.02. The van der Waals surface area contributed by atoms with Crippen molar-refractivity contribution in [3.8, 4) is 0 Å². The van der Waals surface area contributed by atoms with Crippen LogP contribution >= 0.6 is 0 Å². The highest BCUT2D eigenvalue weighted by atomic mass is 16.5. The maximum Gasteiger partial charge on any atom is 0.244 e. The molecule has 5 heteroatoms. The minimum absolute atomic E-state index is 0.114. The number of morpholine rings is 1. The van der Waals surface area contributed by atoms with E-state index in [0.717, 1.165) is 43.2 Å². The lowest BCUT2D eigenvalue weighted by Crippen LogP contribution is -2.36. The average Bonchev–Trinajstić information content (AvgIpc) is 2.71. The molecule has 1 aliphatic rings. The van der Waals surface area contributed by atoms with Crippen LogP contribution in [0.1, 0.15) is 37.5 Å². The molecule has 0 bridgehead atoms. The largest absolute Gasteiger partial charge is 0.378 e. The van der Waals surface area contributed by atoms with E-state index in [1.165, 1.54) is 5.56 Å². The zero-order chi connectivity index (χ0) is 20.0. The SMILES string of the molecule is CC(C)(C)c1ccc(C=CC(=O)NCc2ccc(N3CCOCC3)nc2)cc1. The van der Waals surface area contributed by atoms with E-state index in [1.54, 1.807) is 6.08 Å². The van der Waals surface area contributed by atoms with E-state index in [4.69, 9.17) is 4.74 Å². The van der Waals surface area contributed by atoms with Crippen LogP contribution in [-0.2, 0) is 21.5 Å². The standard InChI is InChI=1S/C23H29N3O2/c1-23(2,3)20-8-4-18(5-9-20)7-11-22(27)25-17-19-6-10-21(24-16-19)26-12-14-28-15-13-26/h4-11,16H,12-15,17H2,1-3H3,(H,25,27). The van der Waals surface area contributed by atoms with Crippen molar-refractivity contribution in [1.82, 2.24) is 10.3 Å². The predicted octanol–water partition coefficient (Wildman–Crippen LogP) is 3.55. The van der Waals surface area contributed by atoms with Crippen LogP contribution < -0.4 is 10.2 Å². The summed E-state index contributed by atoms with van der Waals surface area (Å²) in [6.45, 7) is 10.2. The number of benzene rings is 1. The molecule has 1 N–H and O–H groups in total. The summed E-state index contributed by atoms with van der Waals surface area (Å²) < 4.78 is 5.36. The molecule has 1 fully saturated rings. The number of hydrogen-bond donors (Lipinski definition) is 1. The smallest absolute Gasteiger partial charge is 0.244 e. The Labute approximate surface area is 167 Å². The minimum atomic E-state index is -0.114. The monoisotopic (exact) mass is 379 g/mol. The third-order valence-electron chi connectivity index (χ3n) is 4.81. The molecule has 1 aromatic carbocycles. The summed E-state index contributed by atoms with van der Waals surface area (Å²) in [4.78, 5) is 18.8. The number of nitrogens with one attached hydrogen (secondary N) is 1. The first-order chi connectivity index (χ1) is 13.4. The summed E-state index contributed by atoms with van der Waals surface area (Å²) in [5.74, 6) is 0.842. The van der Waals surface area contributed by atoms with Crippen LogP contribution in [0.25, 0.3) is 6.08 Å². The Hall–Kier alpha value is -2.66. The van der Waals surface area contributed by atoms with E-state index in [2.05, 4.69) is 48.1 Å². The zero-order valence-electron chi connectivity index (χ0n) is 16.9. The highest BCUT2D eigenvalue weighted by Crippen LogP contribution is 2.22. The first kappa shape index (κ1) is 20.1. The predicted molar refractivity (Wildman–Crippen MR) is 113 cm³/mol. The van der Waals surface area contributed by atoms with Gasteiger partial charge in [-0.05, 0) is 34.2 Å². The summed E-state index contributed by atoms with van der Waals surface area (Å²) in [6, 6.07) is 12.3. The molecule has 2 heterocycles. The first-order valence-corrected chi connectivity index (χ1v) is 9.76. The molecule has 3 rings (SSSR count). The van der Waals surface area contributed by atoms with Crippen molar-refractivity contribution in [2.24, 2.45) is 0 Å². The van der Waals surface area contributed by atoms with Crippen molar-refractivity contribution in [1.29, 1.82) is 0 Å². The lowest BCUT2D eigenvalue weighted by atomic mass is 9.87. The van der Waals surface area contributed by atoms with Gasteiger partial charge in [0.2, 0.25) is 5.91 Å². The Morgan fingerprint density at radius 3 is 2.46 bits per heavy atom. The van der Waals surface area contributed by atoms with E-state index in [1.807, 2.05) is 36.5 Å². The van der Waals surface area contributed by atoms with Crippen molar-refractivity contribution in [2.45, 2.75) is 32.7 Å². The van der Waals surface area contributed by atoms with Gasteiger partial charge >= 0.3 is 0 Å². The molecule has 1 aliphatic heterocycles. The number of nitrogens with zero attached hydrogens (tertiary/aromatic N) is 2. The Morgan fingerprint density at radius 2 is 1.86 bits per heavy atom. The molecule has 5 nitrogen and oxygen atoms in total. The lowest BCUT2D eigenvalue weighted by Gasteiger charge is -2.27. The van der Waals surface area contributed by atoms with E-state index in [-0.39, 0.29) is 11.3 Å². The van der Waals surface area contributed by atoms with Gasteiger partial charge in [0.05, 0.1) is 13.2 Å². The topological polar surface area (TPSA) is 54.5 Å². The van der Waals surface area contributed by atoms with Gasteiger partial charge in [-0.1, -0.05) is 51.1 Å². The summed E-state index contributed by atoms with van der Waals surface area (Å²) >= 11 is 0. The van der Waals surface area contributed by atoms with Gasteiger partial charge in [0.25, 0.3) is 0 Å². The van der Waals surface area contributed by atoms with Gasteiger partial charge in [-0.2, -0.15) is 0 Å². The fourth-order valence-electron chi connectivity index (χ4n) is 3.02. The molecule has 0 radical (unpaired) electrons. The molecule has 2 aromatic rings. The number of pyridine rings is 1. The molecule has 1 amide bonds. The minimum Gasteiger partial charge on any atom is -0.378 e. The quantitative estimate of drug-likeness (QED) is 0.808. The number of ether oxygens (including phenoxy) is 1. The Bertz CT molecular complexity index is 799. The molecule has 0 aliphatic carbocycles. The molecule has 1 saturated heterocycles. The van der Waals surface area contributed by atoms with E-state index in [9.17, 15) is 4.79 Å². The van der Waals surface area contributed by atoms with Gasteiger partial charge < -0.3 is 15.0 Å². The number of carbonyl (C=O) groups is 1. The molecular weight excluding hydrogens is 350 g/mol. The Kier molecular flexibility index (Phi) is 6.47. The lowest BCUT2D eigenvalue weighted by molar-refractivity contribution is -0.116. The number of anilines is 1. The van der Waals surface area contributed by atoms with Crippen LogP contribution in [0.15, 0.2) is 48.7 Å². The number of aromatic nitrogens is 1. The highest BCUT2D eigenvalue weighted by molar-refractivity contribution is 5.91. The molecule has 1 aromatic heterocycles. The number of amides is 1. The summed E-state index contributed by atoms with van der Waals surface area (Å²) in [6.07, 6.45) is 5.23.